The molecule has 3 heteroatoms. The molecule has 0 aliphatic carbocycles. The van der Waals surface area contributed by atoms with Gasteiger partial charge in [-0.05, 0) is 32.0 Å². The van der Waals surface area contributed by atoms with E-state index in [-0.39, 0.29) is 0 Å². The third-order valence-corrected chi connectivity index (χ3v) is 2.30. The van der Waals surface area contributed by atoms with Gasteiger partial charge in [0.1, 0.15) is 6.07 Å². The zero-order valence-electron chi connectivity index (χ0n) is 8.78. The molecule has 0 aliphatic heterocycles. The van der Waals surface area contributed by atoms with Crippen molar-refractivity contribution in [3.8, 4) is 6.07 Å². The first-order chi connectivity index (χ1) is 6.56. The SMILES string of the molecule is CC(C)N(C)c1ccc(N)cc1C#N. The topological polar surface area (TPSA) is 53.0 Å². The number of benzene rings is 1. The molecule has 0 aromatic heterocycles. The summed E-state index contributed by atoms with van der Waals surface area (Å²) in [5, 5.41) is 8.94. The Labute approximate surface area is 84.7 Å². The van der Waals surface area contributed by atoms with Gasteiger partial charge in [0.05, 0.1) is 11.3 Å². The van der Waals surface area contributed by atoms with E-state index in [0.29, 0.717) is 17.3 Å². The van der Waals surface area contributed by atoms with E-state index in [1.165, 1.54) is 0 Å². The molecule has 74 valence electrons. The normalized spacial score (nSPS) is 9.93. The third kappa shape index (κ3) is 1.97. The molecule has 0 unspecified atom stereocenters. The second kappa shape index (κ2) is 4.01. The highest BCUT2D eigenvalue weighted by Gasteiger charge is 2.09. The molecule has 1 aromatic carbocycles. The number of nitrogens with zero attached hydrogens (tertiary/aromatic N) is 2. The lowest BCUT2D eigenvalue weighted by Crippen LogP contribution is -2.26. The van der Waals surface area contributed by atoms with E-state index in [4.69, 9.17) is 11.0 Å². The molecule has 0 spiro atoms. The van der Waals surface area contributed by atoms with Crippen LogP contribution >= 0.6 is 0 Å². The van der Waals surface area contributed by atoms with E-state index in [1.54, 1.807) is 6.07 Å². The van der Waals surface area contributed by atoms with E-state index in [2.05, 4.69) is 24.8 Å². The van der Waals surface area contributed by atoms with Crippen molar-refractivity contribution >= 4 is 11.4 Å². The third-order valence-electron chi connectivity index (χ3n) is 2.30. The van der Waals surface area contributed by atoms with Crippen LogP contribution in [0.4, 0.5) is 11.4 Å². The maximum atomic E-state index is 8.94. The second-order valence-electron chi connectivity index (χ2n) is 3.59. The largest absolute Gasteiger partial charge is 0.399 e. The number of hydrogen-bond donors (Lipinski definition) is 1. The molecule has 0 radical (unpaired) electrons. The molecule has 1 aromatic rings. The van der Waals surface area contributed by atoms with Crippen molar-refractivity contribution in [1.82, 2.24) is 0 Å². The van der Waals surface area contributed by atoms with Crippen LogP contribution in [-0.2, 0) is 0 Å². The summed E-state index contributed by atoms with van der Waals surface area (Å²) < 4.78 is 0. The monoisotopic (exact) mass is 189 g/mol. The molecule has 0 bridgehead atoms. The first-order valence-electron chi connectivity index (χ1n) is 4.58. The summed E-state index contributed by atoms with van der Waals surface area (Å²) >= 11 is 0. The quantitative estimate of drug-likeness (QED) is 0.724. The standard InChI is InChI=1S/C11H15N3/c1-8(2)14(3)11-5-4-10(13)6-9(11)7-12/h4-6,8H,13H2,1-3H3. The molecule has 0 heterocycles. The predicted molar refractivity (Wildman–Crippen MR) is 59.1 cm³/mol. The smallest absolute Gasteiger partial charge is 0.101 e. The van der Waals surface area contributed by atoms with Gasteiger partial charge < -0.3 is 10.6 Å². The Kier molecular flexibility index (Phi) is 2.98. The molecule has 1 rings (SSSR count). The van der Waals surface area contributed by atoms with Gasteiger partial charge in [-0.1, -0.05) is 0 Å². The van der Waals surface area contributed by atoms with Gasteiger partial charge in [0, 0.05) is 18.8 Å². The Morgan fingerprint density at radius 3 is 2.57 bits per heavy atom. The minimum atomic E-state index is 0.366. The van der Waals surface area contributed by atoms with Gasteiger partial charge >= 0.3 is 0 Å². The molecule has 14 heavy (non-hydrogen) atoms. The number of rotatable bonds is 2. The average molecular weight is 189 g/mol. The summed E-state index contributed by atoms with van der Waals surface area (Å²) in [6, 6.07) is 7.92. The summed E-state index contributed by atoms with van der Waals surface area (Å²) in [5.74, 6) is 0. The van der Waals surface area contributed by atoms with E-state index in [1.807, 2.05) is 19.2 Å². The molecule has 0 aliphatic rings. The van der Waals surface area contributed by atoms with Crippen LogP contribution in [0.25, 0.3) is 0 Å². The Balaban J connectivity index is 3.16. The zero-order chi connectivity index (χ0) is 10.7. The highest BCUT2D eigenvalue weighted by molar-refractivity contribution is 5.64. The molecular weight excluding hydrogens is 174 g/mol. The highest BCUT2D eigenvalue weighted by atomic mass is 15.1. The van der Waals surface area contributed by atoms with Crippen molar-refractivity contribution in [2.24, 2.45) is 0 Å². The second-order valence-corrected chi connectivity index (χ2v) is 3.59. The van der Waals surface area contributed by atoms with Gasteiger partial charge in [-0.3, -0.25) is 0 Å². The fourth-order valence-corrected chi connectivity index (χ4v) is 1.23. The van der Waals surface area contributed by atoms with Crippen molar-refractivity contribution in [1.29, 1.82) is 5.26 Å². The van der Waals surface area contributed by atoms with Gasteiger partial charge in [0.25, 0.3) is 0 Å². The number of nitriles is 1. The fourth-order valence-electron chi connectivity index (χ4n) is 1.23. The van der Waals surface area contributed by atoms with Crippen LogP contribution < -0.4 is 10.6 Å². The molecule has 0 saturated carbocycles. The highest BCUT2D eigenvalue weighted by Crippen LogP contribution is 2.22. The molecule has 0 fully saturated rings. The zero-order valence-corrected chi connectivity index (χ0v) is 8.78. The van der Waals surface area contributed by atoms with Crippen LogP contribution in [0.15, 0.2) is 18.2 Å². The van der Waals surface area contributed by atoms with Crippen molar-refractivity contribution < 1.29 is 0 Å². The fraction of sp³-hybridized carbons (Fsp3) is 0.364. The van der Waals surface area contributed by atoms with Crippen LogP contribution in [0, 0.1) is 11.3 Å². The lowest BCUT2D eigenvalue weighted by molar-refractivity contribution is 0.754. The molecule has 3 nitrogen and oxygen atoms in total. The molecule has 0 saturated heterocycles. The van der Waals surface area contributed by atoms with E-state index < -0.39 is 0 Å². The molecular formula is C11H15N3. The maximum Gasteiger partial charge on any atom is 0.101 e. The Morgan fingerprint density at radius 1 is 1.43 bits per heavy atom. The number of hydrogen-bond acceptors (Lipinski definition) is 3. The Bertz CT molecular complexity index is 363. The van der Waals surface area contributed by atoms with Crippen LogP contribution in [0.2, 0.25) is 0 Å². The van der Waals surface area contributed by atoms with Gasteiger partial charge in [-0.15, -0.1) is 0 Å². The first-order valence-corrected chi connectivity index (χ1v) is 4.58. The number of anilines is 2. The van der Waals surface area contributed by atoms with Crippen LogP contribution in [0.5, 0.6) is 0 Å². The van der Waals surface area contributed by atoms with Gasteiger partial charge in [0.2, 0.25) is 0 Å². The summed E-state index contributed by atoms with van der Waals surface area (Å²) in [6.45, 7) is 4.16. The summed E-state index contributed by atoms with van der Waals surface area (Å²) in [4.78, 5) is 2.05. The minimum absolute atomic E-state index is 0.366. The van der Waals surface area contributed by atoms with Gasteiger partial charge in [-0.2, -0.15) is 5.26 Å². The molecule has 0 atom stereocenters. The van der Waals surface area contributed by atoms with Gasteiger partial charge in [-0.25, -0.2) is 0 Å². The summed E-state index contributed by atoms with van der Waals surface area (Å²) in [7, 11) is 1.97. The average Bonchev–Trinajstić information content (AvgIpc) is 2.16. The van der Waals surface area contributed by atoms with Crippen LogP contribution in [-0.4, -0.2) is 13.1 Å². The van der Waals surface area contributed by atoms with Crippen LogP contribution in [0.3, 0.4) is 0 Å². The van der Waals surface area contributed by atoms with E-state index >= 15 is 0 Å². The maximum absolute atomic E-state index is 8.94. The van der Waals surface area contributed by atoms with E-state index in [0.717, 1.165) is 5.69 Å². The first kappa shape index (κ1) is 10.4. The van der Waals surface area contributed by atoms with Crippen molar-refractivity contribution in [3.05, 3.63) is 23.8 Å². The minimum Gasteiger partial charge on any atom is -0.399 e. The van der Waals surface area contributed by atoms with Gasteiger partial charge in [0.15, 0.2) is 0 Å². The lowest BCUT2D eigenvalue weighted by Gasteiger charge is -2.24. The van der Waals surface area contributed by atoms with Crippen molar-refractivity contribution in [3.63, 3.8) is 0 Å². The Hall–Kier alpha value is -1.69. The number of nitrogens with two attached hydrogens (primary N) is 1. The molecule has 2 N–H and O–H groups in total. The lowest BCUT2D eigenvalue weighted by atomic mass is 10.1. The number of nitrogen functional groups attached to an aromatic ring is 1. The van der Waals surface area contributed by atoms with Crippen molar-refractivity contribution in [2.45, 2.75) is 19.9 Å². The van der Waals surface area contributed by atoms with Crippen molar-refractivity contribution in [2.75, 3.05) is 17.7 Å². The van der Waals surface area contributed by atoms with Crippen LogP contribution in [0.1, 0.15) is 19.4 Å². The predicted octanol–water partition coefficient (Wildman–Crippen LogP) is 1.99. The Morgan fingerprint density at radius 2 is 2.07 bits per heavy atom. The molecule has 0 amide bonds. The summed E-state index contributed by atoms with van der Waals surface area (Å²) in [6.07, 6.45) is 0. The van der Waals surface area contributed by atoms with E-state index in [9.17, 15) is 0 Å². The summed E-state index contributed by atoms with van der Waals surface area (Å²) in [5.41, 5.74) is 7.79.